The number of halogens is 1. The minimum absolute atomic E-state index is 0.0279. The zero-order valence-electron chi connectivity index (χ0n) is 21.0. The van der Waals surface area contributed by atoms with Crippen LogP contribution in [0.25, 0.3) is 32.2 Å². The Balaban J connectivity index is 0.000000883. The van der Waals surface area contributed by atoms with Gasteiger partial charge >= 0.3 is 0 Å². The van der Waals surface area contributed by atoms with Crippen molar-refractivity contribution in [2.24, 2.45) is 0 Å². The van der Waals surface area contributed by atoms with Crippen molar-refractivity contribution >= 4 is 56.2 Å². The van der Waals surface area contributed by atoms with E-state index in [4.69, 9.17) is 21.5 Å². The van der Waals surface area contributed by atoms with Gasteiger partial charge in [-0.15, -0.1) is 11.3 Å². The molecule has 0 spiro atoms. The highest BCUT2D eigenvalue weighted by atomic mass is 35.5. The molecule has 1 saturated heterocycles. The smallest absolute Gasteiger partial charge is 0.290 e. The van der Waals surface area contributed by atoms with Crippen LogP contribution in [-0.4, -0.2) is 51.8 Å². The highest BCUT2D eigenvalue weighted by Crippen LogP contribution is 2.44. The lowest BCUT2D eigenvalue weighted by Gasteiger charge is -2.44. The van der Waals surface area contributed by atoms with Crippen molar-refractivity contribution in [1.82, 2.24) is 19.9 Å². The summed E-state index contributed by atoms with van der Waals surface area (Å²) in [5.74, 6) is 0. The summed E-state index contributed by atoms with van der Waals surface area (Å²) in [7, 11) is 0. The fourth-order valence-corrected chi connectivity index (χ4v) is 6.85. The monoisotopic (exact) mass is 559 g/mol. The van der Waals surface area contributed by atoms with Gasteiger partial charge in [-0.2, -0.15) is 0 Å². The van der Waals surface area contributed by atoms with Crippen LogP contribution in [0, 0.1) is 0 Å². The Morgan fingerprint density at radius 1 is 1.10 bits per heavy atom. The molecule has 0 bridgehead atoms. The Kier molecular flexibility index (Phi) is 7.03. The van der Waals surface area contributed by atoms with Crippen LogP contribution >= 0.6 is 22.9 Å². The molecule has 0 aliphatic carbocycles. The molecule has 39 heavy (non-hydrogen) atoms. The van der Waals surface area contributed by atoms with E-state index >= 15 is 0 Å². The first-order chi connectivity index (χ1) is 19.1. The number of para-hydroxylation sites is 1. The lowest BCUT2D eigenvalue weighted by Crippen LogP contribution is -2.58. The van der Waals surface area contributed by atoms with E-state index in [1.807, 2.05) is 30.5 Å². The van der Waals surface area contributed by atoms with Crippen LogP contribution in [-0.2, 0) is 17.8 Å². The number of carbonyl (C=O) groups is 1. The van der Waals surface area contributed by atoms with Crippen molar-refractivity contribution < 1.29 is 9.90 Å². The van der Waals surface area contributed by atoms with Crippen molar-refractivity contribution in [1.29, 1.82) is 0 Å². The highest BCUT2D eigenvalue weighted by molar-refractivity contribution is 7.19. The Morgan fingerprint density at radius 2 is 1.92 bits per heavy atom. The predicted octanol–water partition coefficient (Wildman–Crippen LogP) is 4.80. The largest absolute Gasteiger partial charge is 0.483 e. The van der Waals surface area contributed by atoms with Crippen LogP contribution in [0.15, 0.2) is 65.8 Å². The number of aryl methyl sites for hydroxylation is 1. The summed E-state index contributed by atoms with van der Waals surface area (Å²) in [5, 5.41) is 11.7. The molecule has 5 aromatic rings. The number of thiophene rings is 1. The molecule has 1 fully saturated rings. The van der Waals surface area contributed by atoms with Gasteiger partial charge in [-0.05, 0) is 54.8 Å². The lowest BCUT2D eigenvalue weighted by molar-refractivity contribution is -0.122. The molecule has 2 aliphatic heterocycles. The quantitative estimate of drug-likeness (QED) is 0.305. The van der Waals surface area contributed by atoms with Gasteiger partial charge in [0, 0.05) is 52.5 Å². The van der Waals surface area contributed by atoms with E-state index in [9.17, 15) is 4.79 Å². The molecule has 5 heterocycles. The van der Waals surface area contributed by atoms with Crippen LogP contribution in [0.2, 0.25) is 5.02 Å². The molecule has 2 aliphatic rings. The molecule has 3 aromatic heterocycles. The fraction of sp³-hybridized carbons (Fsp3) is 0.241. The SMILES string of the molecule is O=CO.O=c1c2ccccc2ncn1Cc1cc2nccc(-c3cc(Cl)cc4c3N(C3CNC3)CCC4)c2s1. The number of rotatable bonds is 4. The number of pyridine rings is 1. The molecule has 8 nitrogen and oxygen atoms in total. The fourth-order valence-electron chi connectivity index (χ4n) is 5.47. The van der Waals surface area contributed by atoms with Gasteiger partial charge in [0.15, 0.2) is 0 Å². The summed E-state index contributed by atoms with van der Waals surface area (Å²) in [6.45, 7) is 3.32. The summed E-state index contributed by atoms with van der Waals surface area (Å²) in [4.78, 5) is 34.2. The van der Waals surface area contributed by atoms with Crippen molar-refractivity contribution in [3.63, 3.8) is 0 Å². The van der Waals surface area contributed by atoms with E-state index in [1.165, 1.54) is 16.8 Å². The molecular weight excluding hydrogens is 534 g/mol. The Hall–Kier alpha value is -3.79. The first-order valence-corrected chi connectivity index (χ1v) is 14.0. The maximum absolute atomic E-state index is 13.1. The van der Waals surface area contributed by atoms with Crippen LogP contribution < -0.4 is 15.8 Å². The summed E-state index contributed by atoms with van der Waals surface area (Å²) >= 11 is 8.34. The lowest BCUT2D eigenvalue weighted by atomic mass is 9.92. The minimum Gasteiger partial charge on any atom is -0.483 e. The molecular formula is C29H26ClN5O3S. The molecule has 0 radical (unpaired) electrons. The van der Waals surface area contributed by atoms with Gasteiger partial charge in [0.05, 0.1) is 40.0 Å². The van der Waals surface area contributed by atoms with Crippen LogP contribution in [0.1, 0.15) is 16.9 Å². The van der Waals surface area contributed by atoms with Gasteiger partial charge in [-0.25, -0.2) is 4.98 Å². The van der Waals surface area contributed by atoms with E-state index in [0.717, 1.165) is 63.7 Å². The zero-order chi connectivity index (χ0) is 26.9. The Bertz CT molecular complexity index is 1750. The number of fused-ring (bicyclic) bond motifs is 3. The predicted molar refractivity (Wildman–Crippen MR) is 156 cm³/mol. The van der Waals surface area contributed by atoms with E-state index in [1.54, 1.807) is 22.2 Å². The van der Waals surface area contributed by atoms with Crippen molar-refractivity contribution in [2.45, 2.75) is 25.4 Å². The first kappa shape index (κ1) is 25.5. The zero-order valence-corrected chi connectivity index (χ0v) is 22.6. The third-order valence-electron chi connectivity index (χ3n) is 7.30. The molecule has 198 valence electrons. The minimum atomic E-state index is -0.250. The van der Waals surface area contributed by atoms with Crippen molar-refractivity contribution in [3.8, 4) is 11.1 Å². The number of hydrogen-bond acceptors (Lipinski definition) is 7. The molecule has 0 atom stereocenters. The second-order valence-corrected chi connectivity index (χ2v) is 11.2. The molecule has 7 rings (SSSR count). The van der Waals surface area contributed by atoms with Crippen molar-refractivity contribution in [2.75, 3.05) is 24.5 Å². The van der Waals surface area contributed by atoms with Gasteiger partial charge < -0.3 is 15.3 Å². The van der Waals surface area contributed by atoms with Crippen LogP contribution in [0.4, 0.5) is 5.69 Å². The Morgan fingerprint density at radius 3 is 2.72 bits per heavy atom. The maximum Gasteiger partial charge on any atom is 0.290 e. The molecule has 2 aromatic carbocycles. The summed E-state index contributed by atoms with van der Waals surface area (Å²) in [6.07, 6.45) is 5.71. The first-order valence-electron chi connectivity index (χ1n) is 12.8. The van der Waals surface area contributed by atoms with E-state index in [2.05, 4.69) is 44.5 Å². The van der Waals surface area contributed by atoms with Gasteiger partial charge in [0.25, 0.3) is 12.0 Å². The van der Waals surface area contributed by atoms with Gasteiger partial charge in [0.2, 0.25) is 0 Å². The number of nitrogens with one attached hydrogen (secondary N) is 1. The standard InChI is InChI=1S/C28H24ClN5OS.CH2O2/c29-18-10-17-4-3-9-34(19-13-30-14-19)26(17)23(11-18)21-7-8-31-25-12-20(36-27(21)25)15-33-16-32-24-6-2-1-5-22(24)28(33)35;2-1-3/h1-2,5-8,10-12,16,19,30H,3-4,9,13-15H2;1H,(H,2,3). The number of carboxylic acid groups (broad SMARTS) is 1. The number of anilines is 1. The van der Waals surface area contributed by atoms with Gasteiger partial charge in [-0.1, -0.05) is 23.7 Å². The number of nitrogens with zero attached hydrogens (tertiary/aromatic N) is 4. The average molecular weight is 560 g/mol. The van der Waals surface area contributed by atoms with Gasteiger partial charge in [0.1, 0.15) is 0 Å². The topological polar surface area (TPSA) is 100 Å². The molecule has 2 N–H and O–H groups in total. The number of benzene rings is 2. The number of aromatic nitrogens is 3. The van der Waals surface area contributed by atoms with Gasteiger partial charge in [-0.3, -0.25) is 19.1 Å². The average Bonchev–Trinajstić information content (AvgIpc) is 3.32. The van der Waals surface area contributed by atoms with Crippen LogP contribution in [0.3, 0.4) is 0 Å². The molecule has 0 unspecified atom stereocenters. The third kappa shape index (κ3) is 4.78. The normalized spacial score (nSPS) is 14.9. The molecule has 0 amide bonds. The van der Waals surface area contributed by atoms with E-state index in [-0.39, 0.29) is 12.0 Å². The van der Waals surface area contributed by atoms with E-state index in [0.29, 0.717) is 18.0 Å². The summed E-state index contributed by atoms with van der Waals surface area (Å²) in [6, 6.07) is 16.4. The second kappa shape index (κ2) is 10.8. The summed E-state index contributed by atoms with van der Waals surface area (Å²) in [5.41, 5.74) is 6.60. The highest BCUT2D eigenvalue weighted by Gasteiger charge is 2.31. The van der Waals surface area contributed by atoms with Crippen molar-refractivity contribution in [3.05, 3.63) is 86.9 Å². The summed E-state index contributed by atoms with van der Waals surface area (Å²) < 4.78 is 2.80. The third-order valence-corrected chi connectivity index (χ3v) is 8.66. The second-order valence-electron chi connectivity index (χ2n) is 9.66. The Labute approximate surface area is 233 Å². The maximum atomic E-state index is 13.1. The molecule has 0 saturated carbocycles. The number of hydrogen-bond donors (Lipinski definition) is 2. The van der Waals surface area contributed by atoms with E-state index < -0.39 is 0 Å². The molecule has 10 heteroatoms. The van der Waals surface area contributed by atoms with Crippen LogP contribution in [0.5, 0.6) is 0 Å².